The Morgan fingerprint density at radius 3 is 2.69 bits per heavy atom. The summed E-state index contributed by atoms with van der Waals surface area (Å²) >= 11 is 6.01. The summed E-state index contributed by atoms with van der Waals surface area (Å²) in [6, 6.07) is 11.4. The topological polar surface area (TPSA) is 33.4 Å². The van der Waals surface area contributed by atoms with Gasteiger partial charge in [0.05, 0.1) is 6.61 Å². The molecule has 0 unspecified atom stereocenters. The van der Waals surface area contributed by atoms with Gasteiger partial charge in [0.2, 0.25) is 0 Å². The normalized spacial score (nSPS) is 11.4. The molecule has 16 heavy (non-hydrogen) atoms. The third-order valence-electron chi connectivity index (χ3n) is 2.72. The van der Waals surface area contributed by atoms with Gasteiger partial charge < -0.3 is 9.52 Å². The van der Waals surface area contributed by atoms with Gasteiger partial charge in [-0.1, -0.05) is 29.8 Å². The van der Waals surface area contributed by atoms with Crippen molar-refractivity contribution >= 4 is 33.5 Å². The second-order valence-electron chi connectivity index (χ2n) is 3.70. The quantitative estimate of drug-likeness (QED) is 0.694. The van der Waals surface area contributed by atoms with Crippen LogP contribution in [-0.4, -0.2) is 5.11 Å². The molecule has 3 heteroatoms. The molecule has 3 rings (SSSR count). The monoisotopic (exact) mass is 232 g/mol. The molecule has 80 valence electrons. The van der Waals surface area contributed by atoms with Crippen LogP contribution in [0.25, 0.3) is 21.9 Å². The molecule has 0 atom stereocenters. The molecule has 1 heterocycles. The van der Waals surface area contributed by atoms with E-state index in [0.29, 0.717) is 5.02 Å². The molecule has 0 aliphatic rings. The highest BCUT2D eigenvalue weighted by Crippen LogP contribution is 2.32. The van der Waals surface area contributed by atoms with Gasteiger partial charge in [0.1, 0.15) is 11.2 Å². The van der Waals surface area contributed by atoms with Crippen molar-refractivity contribution in [2.24, 2.45) is 0 Å². The van der Waals surface area contributed by atoms with Crippen molar-refractivity contribution < 1.29 is 9.52 Å². The number of aliphatic hydroxyl groups is 1. The second-order valence-corrected chi connectivity index (χ2v) is 4.10. The zero-order valence-corrected chi connectivity index (χ0v) is 9.16. The van der Waals surface area contributed by atoms with E-state index in [1.54, 1.807) is 6.07 Å². The molecule has 0 spiro atoms. The minimum atomic E-state index is -0.0612. The van der Waals surface area contributed by atoms with Crippen LogP contribution in [0.15, 0.2) is 40.8 Å². The van der Waals surface area contributed by atoms with Gasteiger partial charge in [-0.2, -0.15) is 0 Å². The summed E-state index contributed by atoms with van der Waals surface area (Å²) in [7, 11) is 0. The molecule has 2 nitrogen and oxygen atoms in total. The number of halogens is 1. The highest BCUT2D eigenvalue weighted by Gasteiger charge is 2.09. The highest BCUT2D eigenvalue weighted by molar-refractivity contribution is 6.32. The number of fused-ring (bicyclic) bond motifs is 3. The predicted octanol–water partition coefficient (Wildman–Crippen LogP) is 3.73. The minimum absolute atomic E-state index is 0.0612. The summed E-state index contributed by atoms with van der Waals surface area (Å²) in [5, 5.41) is 11.7. The molecule has 0 bridgehead atoms. The molecule has 0 saturated heterocycles. The average Bonchev–Trinajstić information content (AvgIpc) is 2.65. The molecular formula is C13H9ClO2. The third kappa shape index (κ3) is 1.31. The molecule has 0 saturated carbocycles. The smallest absolute Gasteiger partial charge is 0.136 e. The summed E-state index contributed by atoms with van der Waals surface area (Å²) in [6.45, 7) is -0.0612. The van der Waals surface area contributed by atoms with E-state index in [2.05, 4.69) is 0 Å². The minimum Gasteiger partial charge on any atom is -0.456 e. The first kappa shape index (κ1) is 9.70. The SMILES string of the molecule is OCc1cc2c(cc1Cl)oc1ccccc12. The zero-order valence-electron chi connectivity index (χ0n) is 8.40. The summed E-state index contributed by atoms with van der Waals surface area (Å²) in [5.41, 5.74) is 2.31. The van der Waals surface area contributed by atoms with Crippen molar-refractivity contribution in [1.82, 2.24) is 0 Å². The number of furan rings is 1. The first-order valence-electron chi connectivity index (χ1n) is 5.00. The molecule has 3 aromatic rings. The summed E-state index contributed by atoms with van der Waals surface area (Å²) < 4.78 is 5.67. The molecule has 0 fully saturated rings. The third-order valence-corrected chi connectivity index (χ3v) is 3.07. The van der Waals surface area contributed by atoms with Crippen molar-refractivity contribution in [1.29, 1.82) is 0 Å². The first-order valence-corrected chi connectivity index (χ1v) is 5.38. The van der Waals surface area contributed by atoms with Crippen LogP contribution in [0.3, 0.4) is 0 Å². The van der Waals surface area contributed by atoms with Crippen LogP contribution >= 0.6 is 11.6 Å². The molecular weight excluding hydrogens is 224 g/mol. The maximum atomic E-state index is 9.17. The number of hydrogen-bond acceptors (Lipinski definition) is 2. The maximum Gasteiger partial charge on any atom is 0.136 e. The van der Waals surface area contributed by atoms with Crippen LogP contribution < -0.4 is 0 Å². The Hall–Kier alpha value is -1.51. The summed E-state index contributed by atoms with van der Waals surface area (Å²) in [6.07, 6.45) is 0. The zero-order chi connectivity index (χ0) is 11.1. The second kappa shape index (κ2) is 3.51. The number of hydrogen-bond donors (Lipinski definition) is 1. The standard InChI is InChI=1S/C13H9ClO2/c14-11-6-13-10(5-8(11)7-15)9-3-1-2-4-12(9)16-13/h1-6,15H,7H2. The van der Waals surface area contributed by atoms with Crippen molar-refractivity contribution in [2.45, 2.75) is 6.61 Å². The van der Waals surface area contributed by atoms with E-state index in [1.807, 2.05) is 30.3 Å². The fraction of sp³-hybridized carbons (Fsp3) is 0.0769. The Balaban J connectivity index is 2.47. The van der Waals surface area contributed by atoms with Crippen molar-refractivity contribution in [2.75, 3.05) is 0 Å². The average molecular weight is 233 g/mol. The molecule has 1 N–H and O–H groups in total. The van der Waals surface area contributed by atoms with Gasteiger partial charge in [-0.3, -0.25) is 0 Å². The Morgan fingerprint density at radius 2 is 1.88 bits per heavy atom. The largest absolute Gasteiger partial charge is 0.456 e. The van der Waals surface area contributed by atoms with Crippen molar-refractivity contribution in [3.8, 4) is 0 Å². The van der Waals surface area contributed by atoms with E-state index in [4.69, 9.17) is 16.0 Å². The molecule has 0 radical (unpaired) electrons. The fourth-order valence-electron chi connectivity index (χ4n) is 1.91. The van der Waals surface area contributed by atoms with Crippen molar-refractivity contribution in [3.63, 3.8) is 0 Å². The van der Waals surface area contributed by atoms with Crippen LogP contribution in [0.4, 0.5) is 0 Å². The molecule has 1 aromatic heterocycles. The van der Waals surface area contributed by atoms with Gasteiger partial charge in [-0.25, -0.2) is 0 Å². The summed E-state index contributed by atoms with van der Waals surface area (Å²) in [5.74, 6) is 0. The first-order chi connectivity index (χ1) is 7.79. The maximum absolute atomic E-state index is 9.17. The number of para-hydroxylation sites is 1. The Kier molecular flexibility index (Phi) is 2.13. The molecule has 0 amide bonds. The Bertz CT molecular complexity index is 670. The lowest BCUT2D eigenvalue weighted by Gasteiger charge is -1.99. The van der Waals surface area contributed by atoms with Crippen LogP contribution in [0.2, 0.25) is 5.02 Å². The van der Waals surface area contributed by atoms with Gasteiger partial charge in [-0.05, 0) is 17.7 Å². The van der Waals surface area contributed by atoms with E-state index in [0.717, 1.165) is 27.5 Å². The van der Waals surface area contributed by atoms with Gasteiger partial charge in [0.15, 0.2) is 0 Å². The summed E-state index contributed by atoms with van der Waals surface area (Å²) in [4.78, 5) is 0. The fourth-order valence-corrected chi connectivity index (χ4v) is 2.13. The van der Waals surface area contributed by atoms with Crippen molar-refractivity contribution in [3.05, 3.63) is 47.0 Å². The van der Waals surface area contributed by atoms with E-state index in [-0.39, 0.29) is 6.61 Å². The number of benzene rings is 2. The highest BCUT2D eigenvalue weighted by atomic mass is 35.5. The van der Waals surface area contributed by atoms with E-state index in [1.165, 1.54) is 0 Å². The van der Waals surface area contributed by atoms with Gasteiger partial charge >= 0.3 is 0 Å². The van der Waals surface area contributed by atoms with Crippen LogP contribution in [0.1, 0.15) is 5.56 Å². The lowest BCUT2D eigenvalue weighted by molar-refractivity contribution is 0.282. The number of aliphatic hydroxyl groups excluding tert-OH is 1. The molecule has 0 aliphatic heterocycles. The van der Waals surface area contributed by atoms with E-state index < -0.39 is 0 Å². The Morgan fingerprint density at radius 1 is 1.06 bits per heavy atom. The van der Waals surface area contributed by atoms with Crippen LogP contribution in [0.5, 0.6) is 0 Å². The van der Waals surface area contributed by atoms with E-state index >= 15 is 0 Å². The van der Waals surface area contributed by atoms with Gasteiger partial charge in [0, 0.05) is 21.9 Å². The van der Waals surface area contributed by atoms with E-state index in [9.17, 15) is 5.11 Å². The van der Waals surface area contributed by atoms with Gasteiger partial charge in [0.25, 0.3) is 0 Å². The lowest BCUT2D eigenvalue weighted by Crippen LogP contribution is -1.83. The molecule has 0 aliphatic carbocycles. The van der Waals surface area contributed by atoms with Crippen LogP contribution in [-0.2, 0) is 6.61 Å². The van der Waals surface area contributed by atoms with Crippen LogP contribution in [0, 0.1) is 0 Å². The Labute approximate surface area is 97.1 Å². The number of rotatable bonds is 1. The lowest BCUT2D eigenvalue weighted by atomic mass is 10.1. The predicted molar refractivity (Wildman–Crippen MR) is 64.7 cm³/mol. The van der Waals surface area contributed by atoms with Gasteiger partial charge in [-0.15, -0.1) is 0 Å². The molecule has 2 aromatic carbocycles.